The van der Waals surface area contributed by atoms with E-state index in [0.29, 0.717) is 5.71 Å². The summed E-state index contributed by atoms with van der Waals surface area (Å²) in [7, 11) is 0. The van der Waals surface area contributed by atoms with Gasteiger partial charge in [0.15, 0.2) is 0 Å². The number of nitrogens with zero attached hydrogens (tertiary/aromatic N) is 3. The van der Waals surface area contributed by atoms with Crippen LogP contribution in [-0.2, 0) is 4.94 Å². The molecule has 1 unspecified atom stereocenters. The van der Waals surface area contributed by atoms with Crippen LogP contribution in [0.1, 0.15) is 0 Å². The Hall–Kier alpha value is -1.12. The molecule has 0 aliphatic carbocycles. The molecule has 0 heterocycles. The Labute approximate surface area is 81.1 Å². The van der Waals surface area contributed by atoms with E-state index in [1.807, 2.05) is 0 Å². The van der Waals surface area contributed by atoms with E-state index in [2.05, 4.69) is 39.6 Å². The Morgan fingerprint density at radius 2 is 2.23 bits per heavy atom. The van der Waals surface area contributed by atoms with Crippen LogP contribution >= 0.6 is 12.6 Å². The largest absolute Gasteiger partial charge is 0.384 e. The Kier molecular flexibility index (Phi) is 5.85. The lowest BCUT2D eigenvalue weighted by molar-refractivity contribution is 0.148. The summed E-state index contributed by atoms with van der Waals surface area (Å²) in [5.74, 6) is 4.85. The van der Waals surface area contributed by atoms with E-state index in [1.54, 1.807) is 0 Å². The minimum absolute atomic E-state index is 0.110. The smallest absolute Gasteiger partial charge is 0.141 e. The van der Waals surface area contributed by atoms with Gasteiger partial charge in [-0.15, -0.1) is 11.0 Å². The summed E-state index contributed by atoms with van der Waals surface area (Å²) >= 11 is 4.08. The van der Waals surface area contributed by atoms with Crippen molar-refractivity contribution < 1.29 is 4.94 Å². The molecule has 7 nitrogen and oxygen atoms in total. The molecule has 13 heavy (non-hydrogen) atoms. The van der Waals surface area contributed by atoms with E-state index in [4.69, 9.17) is 17.4 Å². The van der Waals surface area contributed by atoms with Gasteiger partial charge in [0.1, 0.15) is 11.1 Å². The van der Waals surface area contributed by atoms with Gasteiger partial charge >= 0.3 is 0 Å². The van der Waals surface area contributed by atoms with Crippen molar-refractivity contribution in [2.45, 2.75) is 5.25 Å². The van der Waals surface area contributed by atoms with Crippen molar-refractivity contribution in [2.75, 3.05) is 6.54 Å². The molecular weight excluding hydrogens is 192 g/mol. The first-order chi connectivity index (χ1) is 6.17. The number of hydrogen-bond donors (Lipinski definition) is 4. The second-order valence-corrected chi connectivity index (χ2v) is 2.48. The SMILES string of the molecule is C=N/N=C(/N)C(S)/C(CN)=N\ON. The van der Waals surface area contributed by atoms with Crippen molar-refractivity contribution in [1.82, 2.24) is 0 Å². The van der Waals surface area contributed by atoms with Crippen LogP contribution in [0, 0.1) is 0 Å². The lowest BCUT2D eigenvalue weighted by atomic mass is 10.2. The standard InChI is InChI=1S/C5H12N6OS/c1-9-10-5(7)4(13)3(2-6)11-12-8/h4,13H,1-2,6,8H2,(H2,7,10)/b11-3-. The molecule has 0 amide bonds. The highest BCUT2D eigenvalue weighted by molar-refractivity contribution is 7.82. The Morgan fingerprint density at radius 3 is 2.62 bits per heavy atom. The van der Waals surface area contributed by atoms with Gasteiger partial charge in [0.25, 0.3) is 0 Å². The van der Waals surface area contributed by atoms with Crippen LogP contribution < -0.4 is 17.4 Å². The van der Waals surface area contributed by atoms with E-state index in [9.17, 15) is 0 Å². The second kappa shape index (κ2) is 6.40. The van der Waals surface area contributed by atoms with Gasteiger partial charge in [-0.05, 0) is 0 Å². The third-order valence-electron chi connectivity index (χ3n) is 1.16. The van der Waals surface area contributed by atoms with Crippen molar-refractivity contribution in [2.24, 2.45) is 32.7 Å². The zero-order valence-corrected chi connectivity index (χ0v) is 7.82. The summed E-state index contributed by atoms with van der Waals surface area (Å²) in [6, 6.07) is 0. The molecule has 0 rings (SSSR count). The van der Waals surface area contributed by atoms with Gasteiger partial charge in [-0.3, -0.25) is 0 Å². The normalized spacial score (nSPS) is 15.3. The van der Waals surface area contributed by atoms with E-state index in [1.165, 1.54) is 0 Å². The van der Waals surface area contributed by atoms with Crippen molar-refractivity contribution in [1.29, 1.82) is 0 Å². The number of rotatable bonds is 5. The second-order valence-electron chi connectivity index (χ2n) is 1.96. The topological polar surface area (TPSA) is 124 Å². The van der Waals surface area contributed by atoms with Crippen molar-refractivity contribution in [3.63, 3.8) is 0 Å². The highest BCUT2D eigenvalue weighted by Gasteiger charge is 2.15. The van der Waals surface area contributed by atoms with Gasteiger partial charge in [0.05, 0.1) is 5.71 Å². The van der Waals surface area contributed by atoms with Crippen LogP contribution in [0.25, 0.3) is 0 Å². The molecule has 0 aromatic carbocycles. The highest BCUT2D eigenvalue weighted by Crippen LogP contribution is 1.99. The molecular formula is C5H12N6OS. The van der Waals surface area contributed by atoms with Crippen LogP contribution in [0.5, 0.6) is 0 Å². The number of hydrogen-bond acceptors (Lipinski definition) is 7. The Balaban J connectivity index is 4.54. The number of nitrogens with two attached hydrogens (primary N) is 3. The number of thiol groups is 1. The first kappa shape index (κ1) is 11.9. The first-order valence-electron chi connectivity index (χ1n) is 3.27. The monoisotopic (exact) mass is 204 g/mol. The molecule has 74 valence electrons. The van der Waals surface area contributed by atoms with Gasteiger partial charge in [-0.25, -0.2) is 0 Å². The average molecular weight is 204 g/mol. The Bertz CT molecular complexity index is 227. The van der Waals surface area contributed by atoms with E-state index >= 15 is 0 Å². The van der Waals surface area contributed by atoms with Crippen LogP contribution in [0.3, 0.4) is 0 Å². The minimum Gasteiger partial charge on any atom is -0.384 e. The summed E-state index contributed by atoms with van der Waals surface area (Å²) in [4.78, 5) is 4.05. The predicted molar refractivity (Wildman–Crippen MR) is 55.7 cm³/mol. The van der Waals surface area contributed by atoms with Crippen molar-refractivity contribution >= 4 is 30.9 Å². The van der Waals surface area contributed by atoms with Gasteiger partial charge in [-0.1, -0.05) is 5.16 Å². The summed E-state index contributed by atoms with van der Waals surface area (Å²) in [6.07, 6.45) is 0. The molecule has 0 radical (unpaired) electrons. The molecule has 1 atom stereocenters. The molecule has 0 aliphatic rings. The molecule has 0 saturated heterocycles. The number of oxime groups is 1. The van der Waals surface area contributed by atoms with Crippen LogP contribution in [0.15, 0.2) is 15.4 Å². The van der Waals surface area contributed by atoms with E-state index in [-0.39, 0.29) is 12.4 Å². The Morgan fingerprint density at radius 1 is 1.62 bits per heavy atom. The summed E-state index contributed by atoms with van der Waals surface area (Å²) in [6.45, 7) is 3.25. The van der Waals surface area contributed by atoms with Crippen molar-refractivity contribution in [3.05, 3.63) is 0 Å². The van der Waals surface area contributed by atoms with E-state index < -0.39 is 5.25 Å². The molecule has 0 spiro atoms. The van der Waals surface area contributed by atoms with E-state index in [0.717, 1.165) is 0 Å². The van der Waals surface area contributed by atoms with Gasteiger partial charge in [0.2, 0.25) is 0 Å². The number of amidine groups is 1. The minimum atomic E-state index is -0.570. The highest BCUT2D eigenvalue weighted by atomic mass is 32.1. The molecule has 0 saturated carbocycles. The first-order valence-corrected chi connectivity index (χ1v) is 3.78. The van der Waals surface area contributed by atoms with Gasteiger partial charge in [0, 0.05) is 13.3 Å². The fraction of sp³-hybridized carbons (Fsp3) is 0.400. The zero-order valence-electron chi connectivity index (χ0n) is 6.92. The third kappa shape index (κ3) is 3.87. The average Bonchev–Trinajstić information content (AvgIpc) is 2.13. The fourth-order valence-corrected chi connectivity index (χ4v) is 0.778. The molecule has 0 fully saturated rings. The maximum atomic E-state index is 5.44. The zero-order chi connectivity index (χ0) is 10.3. The van der Waals surface area contributed by atoms with Gasteiger partial charge < -0.3 is 16.4 Å². The molecule has 8 heteroatoms. The van der Waals surface area contributed by atoms with Crippen LogP contribution in [-0.4, -0.2) is 30.1 Å². The fourth-order valence-electron chi connectivity index (χ4n) is 0.574. The van der Waals surface area contributed by atoms with Crippen LogP contribution in [0.2, 0.25) is 0 Å². The lowest BCUT2D eigenvalue weighted by Crippen LogP contribution is -2.36. The molecule has 0 aromatic heterocycles. The molecule has 0 bridgehead atoms. The molecule has 6 N–H and O–H groups in total. The van der Waals surface area contributed by atoms with Gasteiger partial charge in [-0.2, -0.15) is 17.7 Å². The maximum absolute atomic E-state index is 5.44. The van der Waals surface area contributed by atoms with Crippen LogP contribution in [0.4, 0.5) is 0 Å². The lowest BCUT2D eigenvalue weighted by Gasteiger charge is -2.09. The van der Waals surface area contributed by atoms with Crippen molar-refractivity contribution in [3.8, 4) is 0 Å². The molecule has 0 aromatic rings. The predicted octanol–water partition coefficient (Wildman–Crippen LogP) is -1.54. The quantitative estimate of drug-likeness (QED) is 0.187. The summed E-state index contributed by atoms with van der Waals surface area (Å²) in [5, 5.41) is 9.55. The molecule has 0 aliphatic heterocycles. The summed E-state index contributed by atoms with van der Waals surface area (Å²) in [5.41, 5.74) is 11.1. The third-order valence-corrected chi connectivity index (χ3v) is 1.72. The summed E-state index contributed by atoms with van der Waals surface area (Å²) < 4.78 is 0. The maximum Gasteiger partial charge on any atom is 0.141 e.